The molecule has 0 saturated carbocycles. The average Bonchev–Trinajstić information content (AvgIpc) is 2.68. The Labute approximate surface area is 126 Å². The number of carbonyl (C=O) groups is 1. The standard InChI is InChI=1S/C15H16BrN3O/c1-10-15(16)13(18(2)17-10)9-19-8-7-14(20)11-5-3-4-6-12(11)19/h3-6H,7-9H2,1-2H3. The van der Waals surface area contributed by atoms with Gasteiger partial charge in [0.2, 0.25) is 0 Å². The Kier molecular flexibility index (Phi) is 3.38. The number of hydrogen-bond acceptors (Lipinski definition) is 3. The van der Waals surface area contributed by atoms with E-state index in [9.17, 15) is 4.79 Å². The van der Waals surface area contributed by atoms with Crippen molar-refractivity contribution < 1.29 is 4.79 Å². The summed E-state index contributed by atoms with van der Waals surface area (Å²) in [4.78, 5) is 14.2. The number of halogens is 1. The molecule has 1 aromatic carbocycles. The van der Waals surface area contributed by atoms with Crippen molar-refractivity contribution in [2.75, 3.05) is 11.4 Å². The van der Waals surface area contributed by atoms with Crippen LogP contribution in [0, 0.1) is 6.92 Å². The van der Waals surface area contributed by atoms with Gasteiger partial charge in [0.1, 0.15) is 0 Å². The predicted molar refractivity (Wildman–Crippen MR) is 82.1 cm³/mol. The summed E-state index contributed by atoms with van der Waals surface area (Å²) in [5, 5.41) is 4.42. The van der Waals surface area contributed by atoms with Crippen LogP contribution in [0.5, 0.6) is 0 Å². The summed E-state index contributed by atoms with van der Waals surface area (Å²) in [6.07, 6.45) is 0.575. The molecule has 5 heteroatoms. The number of Topliss-reactive ketones (excluding diaryl/α,β-unsaturated/α-hetero) is 1. The maximum Gasteiger partial charge on any atom is 0.166 e. The van der Waals surface area contributed by atoms with E-state index < -0.39 is 0 Å². The molecule has 2 heterocycles. The minimum atomic E-state index is 0.233. The van der Waals surface area contributed by atoms with Crippen molar-refractivity contribution in [2.45, 2.75) is 19.9 Å². The molecule has 0 N–H and O–H groups in total. The van der Waals surface area contributed by atoms with Crippen LogP contribution in [0.3, 0.4) is 0 Å². The highest BCUT2D eigenvalue weighted by Gasteiger charge is 2.24. The van der Waals surface area contributed by atoms with E-state index in [1.165, 1.54) is 0 Å². The summed E-state index contributed by atoms with van der Waals surface area (Å²) in [6, 6.07) is 7.83. The van der Waals surface area contributed by atoms with E-state index in [1.54, 1.807) is 0 Å². The molecule has 0 aliphatic carbocycles. The lowest BCUT2D eigenvalue weighted by Crippen LogP contribution is -2.32. The second-order valence-corrected chi connectivity index (χ2v) is 5.87. The van der Waals surface area contributed by atoms with E-state index in [-0.39, 0.29) is 5.78 Å². The lowest BCUT2D eigenvalue weighted by atomic mass is 10.0. The highest BCUT2D eigenvalue weighted by atomic mass is 79.9. The van der Waals surface area contributed by atoms with Crippen LogP contribution < -0.4 is 4.90 Å². The molecule has 20 heavy (non-hydrogen) atoms. The van der Waals surface area contributed by atoms with Gasteiger partial charge in [-0.15, -0.1) is 0 Å². The summed E-state index contributed by atoms with van der Waals surface area (Å²) < 4.78 is 2.95. The van der Waals surface area contributed by atoms with E-state index in [0.717, 1.165) is 40.2 Å². The zero-order valence-electron chi connectivity index (χ0n) is 11.6. The topological polar surface area (TPSA) is 38.1 Å². The van der Waals surface area contributed by atoms with Crippen LogP contribution in [0.4, 0.5) is 5.69 Å². The number of para-hydroxylation sites is 1. The van der Waals surface area contributed by atoms with Crippen LogP contribution in [0.15, 0.2) is 28.7 Å². The van der Waals surface area contributed by atoms with Crippen molar-refractivity contribution in [3.63, 3.8) is 0 Å². The third-order valence-corrected chi connectivity index (χ3v) is 4.79. The first-order valence-corrected chi connectivity index (χ1v) is 7.42. The van der Waals surface area contributed by atoms with E-state index in [2.05, 4.69) is 25.9 Å². The molecular formula is C15H16BrN3O. The molecule has 0 unspecified atom stereocenters. The minimum absolute atomic E-state index is 0.233. The maximum absolute atomic E-state index is 12.0. The monoisotopic (exact) mass is 333 g/mol. The molecule has 0 spiro atoms. The summed E-state index contributed by atoms with van der Waals surface area (Å²) in [5.74, 6) is 0.233. The summed E-state index contributed by atoms with van der Waals surface area (Å²) in [5.41, 5.74) is 3.97. The van der Waals surface area contributed by atoms with E-state index in [1.807, 2.05) is 42.9 Å². The number of anilines is 1. The van der Waals surface area contributed by atoms with Crippen molar-refractivity contribution in [3.8, 4) is 0 Å². The number of benzene rings is 1. The molecule has 4 nitrogen and oxygen atoms in total. The number of fused-ring (bicyclic) bond motifs is 1. The first kappa shape index (κ1) is 13.4. The Bertz CT molecular complexity index is 678. The van der Waals surface area contributed by atoms with Gasteiger partial charge in [-0.3, -0.25) is 9.48 Å². The second-order valence-electron chi connectivity index (χ2n) is 5.08. The van der Waals surface area contributed by atoms with Gasteiger partial charge in [-0.25, -0.2) is 0 Å². The third kappa shape index (κ3) is 2.16. The van der Waals surface area contributed by atoms with Crippen molar-refractivity contribution in [2.24, 2.45) is 7.05 Å². The van der Waals surface area contributed by atoms with Crippen LogP contribution >= 0.6 is 15.9 Å². The highest BCUT2D eigenvalue weighted by Crippen LogP contribution is 2.30. The van der Waals surface area contributed by atoms with Crippen LogP contribution in [0.2, 0.25) is 0 Å². The molecule has 1 aromatic heterocycles. The number of nitrogens with zero attached hydrogens (tertiary/aromatic N) is 3. The Morgan fingerprint density at radius 2 is 2.10 bits per heavy atom. The van der Waals surface area contributed by atoms with Gasteiger partial charge in [0.25, 0.3) is 0 Å². The van der Waals surface area contributed by atoms with E-state index in [4.69, 9.17) is 0 Å². The van der Waals surface area contributed by atoms with Gasteiger partial charge in [0, 0.05) is 31.3 Å². The molecule has 0 radical (unpaired) electrons. The minimum Gasteiger partial charge on any atom is -0.365 e. The summed E-state index contributed by atoms with van der Waals surface area (Å²) >= 11 is 3.60. The fourth-order valence-corrected chi connectivity index (χ4v) is 3.13. The number of rotatable bonds is 2. The van der Waals surface area contributed by atoms with E-state index >= 15 is 0 Å². The molecule has 0 bridgehead atoms. The molecule has 0 amide bonds. The molecule has 0 atom stereocenters. The predicted octanol–water partition coefficient (Wildman–Crippen LogP) is 3.08. The van der Waals surface area contributed by atoms with Gasteiger partial charge in [-0.05, 0) is 35.0 Å². The van der Waals surface area contributed by atoms with Crippen LogP contribution in [-0.4, -0.2) is 22.1 Å². The quantitative estimate of drug-likeness (QED) is 0.847. The molecule has 104 valence electrons. The fourth-order valence-electron chi connectivity index (χ4n) is 2.67. The van der Waals surface area contributed by atoms with Crippen LogP contribution in [0.25, 0.3) is 0 Å². The summed E-state index contributed by atoms with van der Waals surface area (Å²) in [6.45, 7) is 3.50. The zero-order valence-corrected chi connectivity index (χ0v) is 13.1. The number of aromatic nitrogens is 2. The number of aryl methyl sites for hydroxylation is 2. The lowest BCUT2D eigenvalue weighted by molar-refractivity contribution is 0.0979. The first-order chi connectivity index (χ1) is 9.58. The van der Waals surface area contributed by atoms with Gasteiger partial charge in [-0.1, -0.05) is 12.1 Å². The number of ketones is 1. The molecule has 2 aromatic rings. The van der Waals surface area contributed by atoms with Crippen LogP contribution in [0.1, 0.15) is 28.2 Å². The van der Waals surface area contributed by atoms with Crippen molar-refractivity contribution in [3.05, 3.63) is 45.7 Å². The normalized spacial score (nSPS) is 14.6. The lowest BCUT2D eigenvalue weighted by Gasteiger charge is -2.30. The number of carbonyl (C=O) groups excluding carboxylic acids is 1. The molecule has 1 aliphatic rings. The van der Waals surface area contributed by atoms with Crippen molar-refractivity contribution in [1.29, 1.82) is 0 Å². The second kappa shape index (κ2) is 5.05. The van der Waals surface area contributed by atoms with Gasteiger partial charge >= 0.3 is 0 Å². The zero-order chi connectivity index (χ0) is 14.3. The van der Waals surface area contributed by atoms with Gasteiger partial charge < -0.3 is 4.90 Å². The summed E-state index contributed by atoms with van der Waals surface area (Å²) in [7, 11) is 1.95. The molecule has 3 rings (SSSR count). The highest BCUT2D eigenvalue weighted by molar-refractivity contribution is 9.10. The Balaban J connectivity index is 1.96. The fraction of sp³-hybridized carbons (Fsp3) is 0.333. The van der Waals surface area contributed by atoms with Gasteiger partial charge in [0.15, 0.2) is 5.78 Å². The van der Waals surface area contributed by atoms with Crippen LogP contribution in [-0.2, 0) is 13.6 Å². The molecule has 0 fully saturated rings. The Hall–Kier alpha value is -1.62. The third-order valence-electron chi connectivity index (χ3n) is 3.76. The molecule has 1 aliphatic heterocycles. The SMILES string of the molecule is Cc1nn(C)c(CN2CCC(=O)c3ccccc32)c1Br. The van der Waals surface area contributed by atoms with Crippen molar-refractivity contribution in [1.82, 2.24) is 9.78 Å². The van der Waals surface area contributed by atoms with Gasteiger partial charge in [0.05, 0.1) is 22.4 Å². The Morgan fingerprint density at radius 3 is 2.80 bits per heavy atom. The number of hydrogen-bond donors (Lipinski definition) is 0. The molecule has 0 saturated heterocycles. The van der Waals surface area contributed by atoms with Gasteiger partial charge in [-0.2, -0.15) is 5.10 Å². The van der Waals surface area contributed by atoms with E-state index in [0.29, 0.717) is 6.42 Å². The smallest absolute Gasteiger partial charge is 0.166 e. The Morgan fingerprint density at radius 1 is 1.35 bits per heavy atom. The maximum atomic E-state index is 12.0. The largest absolute Gasteiger partial charge is 0.365 e. The van der Waals surface area contributed by atoms with Crippen molar-refractivity contribution >= 4 is 27.4 Å². The average molecular weight is 334 g/mol. The first-order valence-electron chi connectivity index (χ1n) is 6.63. The molecular weight excluding hydrogens is 318 g/mol.